The van der Waals surface area contributed by atoms with E-state index >= 15 is 0 Å². The van der Waals surface area contributed by atoms with E-state index in [1.165, 1.54) is 0 Å². The summed E-state index contributed by atoms with van der Waals surface area (Å²) < 4.78 is 66.2. The highest BCUT2D eigenvalue weighted by Gasteiger charge is 2.31. The summed E-state index contributed by atoms with van der Waals surface area (Å²) in [6.07, 6.45) is 1.05. The van der Waals surface area contributed by atoms with Crippen LogP contribution < -0.4 is 4.72 Å². The van der Waals surface area contributed by atoms with Crippen molar-refractivity contribution in [2.24, 2.45) is 5.92 Å². The Morgan fingerprint density at radius 2 is 1.59 bits per heavy atom. The smallest absolute Gasteiger partial charge is 0.306 e. The number of nitrogens with one attached hydrogen (secondary N) is 1. The molecule has 122 valence electrons. The molecule has 0 bridgehead atoms. The van der Waals surface area contributed by atoms with Crippen LogP contribution in [0.3, 0.4) is 0 Å². The van der Waals surface area contributed by atoms with Crippen LogP contribution in [0.2, 0.25) is 0 Å². The van der Waals surface area contributed by atoms with E-state index in [9.17, 15) is 26.4 Å². The van der Waals surface area contributed by atoms with E-state index in [0.717, 1.165) is 0 Å². The maximum atomic E-state index is 13.6. The van der Waals surface area contributed by atoms with Gasteiger partial charge in [-0.15, -0.1) is 0 Å². The number of carboxylic acid groups (broad SMARTS) is 1. The third kappa shape index (κ3) is 3.58. The zero-order chi connectivity index (χ0) is 16.5. The van der Waals surface area contributed by atoms with E-state index < -0.39 is 50.3 Å². The van der Waals surface area contributed by atoms with Crippen molar-refractivity contribution in [3.8, 4) is 0 Å². The number of carboxylic acids is 1. The summed E-state index contributed by atoms with van der Waals surface area (Å²) in [5.74, 6) is -5.72. The number of aliphatic carboxylic acids is 1. The number of carbonyl (C=O) groups is 1. The Hall–Kier alpha value is -1.61. The van der Waals surface area contributed by atoms with Gasteiger partial charge in [-0.25, -0.2) is 26.3 Å². The second-order valence-corrected chi connectivity index (χ2v) is 6.86. The van der Waals surface area contributed by atoms with Gasteiger partial charge in [-0.05, 0) is 25.7 Å². The standard InChI is InChI=1S/C13H14F3NO4S/c14-8-5-10(15)12(11(16)6-8)22(20,21)17-9-3-1-7(2-4-9)13(18)19/h5-7,9,17H,1-4H2,(H,18,19). The van der Waals surface area contributed by atoms with Crippen LogP contribution in [0.5, 0.6) is 0 Å². The van der Waals surface area contributed by atoms with Gasteiger partial charge in [0, 0.05) is 18.2 Å². The number of rotatable bonds is 4. The highest BCUT2D eigenvalue weighted by atomic mass is 32.2. The number of benzene rings is 1. The molecule has 1 aromatic carbocycles. The molecule has 1 aromatic rings. The van der Waals surface area contributed by atoms with Crippen LogP contribution in [-0.2, 0) is 14.8 Å². The molecule has 0 unspecified atom stereocenters. The molecule has 1 fully saturated rings. The molecule has 5 nitrogen and oxygen atoms in total. The predicted molar refractivity (Wildman–Crippen MR) is 70.0 cm³/mol. The van der Waals surface area contributed by atoms with Crippen molar-refractivity contribution in [1.29, 1.82) is 0 Å². The Bertz CT molecular complexity index is 662. The van der Waals surface area contributed by atoms with Gasteiger partial charge < -0.3 is 5.11 Å². The quantitative estimate of drug-likeness (QED) is 0.880. The molecular weight excluding hydrogens is 323 g/mol. The van der Waals surface area contributed by atoms with Crippen molar-refractivity contribution in [2.45, 2.75) is 36.6 Å². The Labute approximate surface area is 125 Å². The molecule has 0 saturated heterocycles. The van der Waals surface area contributed by atoms with Crippen LogP contribution in [0.1, 0.15) is 25.7 Å². The van der Waals surface area contributed by atoms with Crippen molar-refractivity contribution >= 4 is 16.0 Å². The van der Waals surface area contributed by atoms with Gasteiger partial charge in [-0.3, -0.25) is 4.79 Å². The normalized spacial score (nSPS) is 22.5. The molecule has 0 amide bonds. The van der Waals surface area contributed by atoms with Crippen LogP contribution in [0.4, 0.5) is 13.2 Å². The lowest BCUT2D eigenvalue weighted by molar-refractivity contribution is -0.142. The van der Waals surface area contributed by atoms with Gasteiger partial charge in [-0.1, -0.05) is 0 Å². The molecule has 22 heavy (non-hydrogen) atoms. The van der Waals surface area contributed by atoms with Gasteiger partial charge in [-0.2, -0.15) is 0 Å². The summed E-state index contributed by atoms with van der Waals surface area (Å²) in [6, 6.07) is -0.0257. The molecule has 1 aliphatic carbocycles. The van der Waals surface area contributed by atoms with Gasteiger partial charge >= 0.3 is 5.97 Å². The highest BCUT2D eigenvalue weighted by Crippen LogP contribution is 2.27. The Balaban J connectivity index is 2.15. The molecule has 0 aliphatic heterocycles. The van der Waals surface area contributed by atoms with E-state index in [2.05, 4.69) is 4.72 Å². The molecule has 1 saturated carbocycles. The van der Waals surface area contributed by atoms with Crippen molar-refractivity contribution < 1.29 is 31.5 Å². The maximum absolute atomic E-state index is 13.6. The zero-order valence-electron chi connectivity index (χ0n) is 11.4. The number of halogens is 3. The Kier molecular flexibility index (Phi) is 4.76. The summed E-state index contributed by atoms with van der Waals surface area (Å²) >= 11 is 0. The third-order valence-electron chi connectivity index (χ3n) is 3.63. The van der Waals surface area contributed by atoms with Crippen molar-refractivity contribution in [2.75, 3.05) is 0 Å². The topological polar surface area (TPSA) is 83.5 Å². The Morgan fingerprint density at radius 1 is 1.09 bits per heavy atom. The summed E-state index contributed by atoms with van der Waals surface area (Å²) in [4.78, 5) is 9.59. The second-order valence-electron chi connectivity index (χ2n) is 5.21. The summed E-state index contributed by atoms with van der Waals surface area (Å²) in [7, 11) is -4.49. The van der Waals surface area contributed by atoms with Crippen molar-refractivity contribution in [3.63, 3.8) is 0 Å². The minimum absolute atomic E-state index is 0.251. The fourth-order valence-corrected chi connectivity index (χ4v) is 3.95. The van der Waals surface area contributed by atoms with Crippen LogP contribution in [-0.4, -0.2) is 25.5 Å². The molecule has 0 aromatic heterocycles. The first kappa shape index (κ1) is 16.8. The molecule has 0 radical (unpaired) electrons. The van der Waals surface area contributed by atoms with E-state index in [-0.39, 0.29) is 25.7 Å². The van der Waals surface area contributed by atoms with Crippen LogP contribution in [0, 0.1) is 23.4 Å². The lowest BCUT2D eigenvalue weighted by Gasteiger charge is -2.26. The average Bonchev–Trinajstić information content (AvgIpc) is 2.36. The molecule has 1 aliphatic rings. The van der Waals surface area contributed by atoms with Crippen molar-refractivity contribution in [3.05, 3.63) is 29.6 Å². The summed E-state index contributed by atoms with van der Waals surface area (Å²) in [6.45, 7) is 0. The van der Waals surface area contributed by atoms with E-state index in [1.54, 1.807) is 0 Å². The zero-order valence-corrected chi connectivity index (χ0v) is 12.2. The van der Waals surface area contributed by atoms with Gasteiger partial charge in [0.25, 0.3) is 0 Å². The lowest BCUT2D eigenvalue weighted by atomic mass is 9.87. The van der Waals surface area contributed by atoms with Gasteiger partial charge in [0.2, 0.25) is 10.0 Å². The SMILES string of the molecule is O=C(O)C1CCC(NS(=O)(=O)c2c(F)cc(F)cc2F)CC1. The minimum atomic E-state index is -4.49. The summed E-state index contributed by atoms with van der Waals surface area (Å²) in [5, 5.41) is 8.86. The van der Waals surface area contributed by atoms with Crippen LogP contribution in [0.25, 0.3) is 0 Å². The van der Waals surface area contributed by atoms with Crippen LogP contribution in [0.15, 0.2) is 17.0 Å². The first-order chi connectivity index (χ1) is 10.2. The highest BCUT2D eigenvalue weighted by molar-refractivity contribution is 7.89. The number of sulfonamides is 1. The number of hydrogen-bond acceptors (Lipinski definition) is 3. The molecule has 0 atom stereocenters. The van der Waals surface area contributed by atoms with Gasteiger partial charge in [0.05, 0.1) is 5.92 Å². The predicted octanol–water partition coefficient (Wildman–Crippen LogP) is 2.03. The van der Waals surface area contributed by atoms with Crippen molar-refractivity contribution in [1.82, 2.24) is 4.72 Å². The molecule has 2 rings (SSSR count). The molecule has 9 heteroatoms. The van der Waals surface area contributed by atoms with E-state index in [4.69, 9.17) is 5.11 Å². The fraction of sp³-hybridized carbons (Fsp3) is 0.462. The lowest BCUT2D eigenvalue weighted by Crippen LogP contribution is -2.39. The molecule has 0 heterocycles. The third-order valence-corrected chi connectivity index (χ3v) is 5.20. The molecule has 0 spiro atoms. The largest absolute Gasteiger partial charge is 0.481 e. The second kappa shape index (κ2) is 6.25. The van der Waals surface area contributed by atoms with Crippen LogP contribution >= 0.6 is 0 Å². The first-order valence-electron chi connectivity index (χ1n) is 6.60. The van der Waals surface area contributed by atoms with E-state index in [1.807, 2.05) is 0 Å². The first-order valence-corrected chi connectivity index (χ1v) is 8.08. The van der Waals surface area contributed by atoms with E-state index in [0.29, 0.717) is 12.1 Å². The summed E-state index contributed by atoms with van der Waals surface area (Å²) in [5.41, 5.74) is 0. The molecule has 2 N–H and O–H groups in total. The monoisotopic (exact) mass is 337 g/mol. The Morgan fingerprint density at radius 3 is 2.05 bits per heavy atom. The average molecular weight is 337 g/mol. The van der Waals surface area contributed by atoms with Gasteiger partial charge in [0.15, 0.2) is 4.90 Å². The minimum Gasteiger partial charge on any atom is -0.481 e. The fourth-order valence-electron chi connectivity index (χ4n) is 2.52. The maximum Gasteiger partial charge on any atom is 0.306 e. The number of hydrogen-bond donors (Lipinski definition) is 2. The van der Waals surface area contributed by atoms with Gasteiger partial charge in [0.1, 0.15) is 17.5 Å². The molecular formula is C13H14F3NO4S.